The Kier molecular flexibility index (Phi) is 3.89. The van der Waals surface area contributed by atoms with E-state index < -0.39 is 11.9 Å². The van der Waals surface area contributed by atoms with Gasteiger partial charge in [-0.25, -0.2) is 4.68 Å². The van der Waals surface area contributed by atoms with Crippen LogP contribution in [0.4, 0.5) is 0 Å². The van der Waals surface area contributed by atoms with Crippen LogP contribution in [0.5, 0.6) is 0 Å². The number of nitrogens with two attached hydrogens (primary N) is 1. The fourth-order valence-electron chi connectivity index (χ4n) is 1.99. The van der Waals surface area contributed by atoms with E-state index in [1.54, 1.807) is 12.3 Å². The van der Waals surface area contributed by atoms with Crippen molar-refractivity contribution >= 4 is 5.91 Å². The van der Waals surface area contributed by atoms with Crippen LogP contribution < -0.4 is 5.73 Å². The number of rotatable bonds is 4. The van der Waals surface area contributed by atoms with Crippen LogP contribution in [0, 0.1) is 11.3 Å². The van der Waals surface area contributed by atoms with Crippen LogP contribution in [0.1, 0.15) is 31.0 Å². The topological polar surface area (TPSA) is 107 Å². The highest BCUT2D eigenvalue weighted by Gasteiger charge is 2.20. The largest absolute Gasteiger partial charge is 0.378 e. The monoisotopic (exact) mass is 249 g/mol. The fourth-order valence-corrected chi connectivity index (χ4v) is 1.99. The fraction of sp³-hybridized carbons (Fsp3) is 0.636. The first kappa shape index (κ1) is 12.5. The summed E-state index contributed by atoms with van der Waals surface area (Å²) in [6.07, 6.45) is 5.64. The third-order valence-electron chi connectivity index (χ3n) is 2.92. The molecule has 1 saturated heterocycles. The number of carbonyl (C=O) groups is 1. The van der Waals surface area contributed by atoms with Gasteiger partial charge in [-0.05, 0) is 19.3 Å². The van der Waals surface area contributed by atoms with Gasteiger partial charge in [0, 0.05) is 13.0 Å². The second-order valence-corrected chi connectivity index (χ2v) is 4.32. The van der Waals surface area contributed by atoms with Crippen LogP contribution in [0.3, 0.4) is 0 Å². The van der Waals surface area contributed by atoms with Crippen molar-refractivity contribution < 1.29 is 9.53 Å². The van der Waals surface area contributed by atoms with Crippen LogP contribution in [0.15, 0.2) is 6.20 Å². The Balaban J connectivity index is 2.01. The van der Waals surface area contributed by atoms with Gasteiger partial charge in [-0.3, -0.25) is 4.79 Å². The quantitative estimate of drug-likeness (QED) is 0.804. The summed E-state index contributed by atoms with van der Waals surface area (Å²) in [4.78, 5) is 11.0. The highest BCUT2D eigenvalue weighted by Crippen LogP contribution is 2.16. The highest BCUT2D eigenvalue weighted by molar-refractivity contribution is 5.80. The average Bonchev–Trinajstić information content (AvgIpc) is 2.79. The molecule has 2 atom stereocenters. The summed E-state index contributed by atoms with van der Waals surface area (Å²) in [6, 6.07) is 0.691. The molecule has 1 aromatic rings. The third-order valence-corrected chi connectivity index (χ3v) is 2.92. The minimum atomic E-state index is -1.10. The molecule has 1 fully saturated rings. The molecule has 0 aliphatic carbocycles. The number of hydrogen-bond acceptors (Lipinski definition) is 5. The van der Waals surface area contributed by atoms with Gasteiger partial charge in [-0.15, -0.1) is 5.10 Å². The molecule has 0 saturated carbocycles. The summed E-state index contributed by atoms with van der Waals surface area (Å²) in [7, 11) is 0. The molecule has 96 valence electrons. The maximum absolute atomic E-state index is 11.0. The number of primary amides is 1. The first-order valence-corrected chi connectivity index (χ1v) is 5.92. The number of hydrogen-bond donors (Lipinski definition) is 1. The number of nitrogens with zero attached hydrogens (tertiary/aromatic N) is 4. The van der Waals surface area contributed by atoms with Crippen LogP contribution in [0.25, 0.3) is 0 Å². The Hall–Kier alpha value is -1.94. The van der Waals surface area contributed by atoms with Gasteiger partial charge in [0.15, 0.2) is 0 Å². The summed E-state index contributed by atoms with van der Waals surface area (Å²) in [5.41, 5.74) is 5.81. The zero-order valence-electron chi connectivity index (χ0n) is 9.95. The van der Waals surface area contributed by atoms with Gasteiger partial charge in [0.25, 0.3) is 5.91 Å². The van der Waals surface area contributed by atoms with Crippen LogP contribution in [0.2, 0.25) is 0 Å². The van der Waals surface area contributed by atoms with Crippen molar-refractivity contribution in [1.82, 2.24) is 15.0 Å². The molecule has 18 heavy (non-hydrogen) atoms. The summed E-state index contributed by atoms with van der Waals surface area (Å²) in [6.45, 7) is 0.779. The molecule has 1 aliphatic heterocycles. The molecule has 1 amide bonds. The maximum atomic E-state index is 11.0. The van der Waals surface area contributed by atoms with Crippen molar-refractivity contribution in [2.45, 2.75) is 37.8 Å². The highest BCUT2D eigenvalue weighted by atomic mass is 16.5. The first-order chi connectivity index (χ1) is 8.70. The SMILES string of the molecule is N#C[C@H](C(N)=O)n1cc(C[C@@H]2CCCCO2)nn1. The lowest BCUT2D eigenvalue weighted by Crippen LogP contribution is -2.25. The van der Waals surface area contributed by atoms with Crippen molar-refractivity contribution in [3.63, 3.8) is 0 Å². The second-order valence-electron chi connectivity index (χ2n) is 4.32. The molecule has 2 rings (SSSR count). The van der Waals surface area contributed by atoms with Gasteiger partial charge in [-0.2, -0.15) is 5.26 Å². The Bertz CT molecular complexity index is 458. The lowest BCUT2D eigenvalue weighted by Gasteiger charge is -2.21. The van der Waals surface area contributed by atoms with E-state index >= 15 is 0 Å². The molecule has 1 aliphatic rings. The Morgan fingerprint density at radius 3 is 3.17 bits per heavy atom. The summed E-state index contributed by atoms with van der Waals surface area (Å²) in [5.74, 6) is -0.733. The molecule has 2 heterocycles. The van der Waals surface area contributed by atoms with Crippen LogP contribution in [-0.4, -0.2) is 33.6 Å². The van der Waals surface area contributed by atoms with Crippen molar-refractivity contribution in [2.24, 2.45) is 5.73 Å². The van der Waals surface area contributed by atoms with E-state index in [0.717, 1.165) is 25.9 Å². The summed E-state index contributed by atoms with van der Waals surface area (Å²) >= 11 is 0. The number of carbonyl (C=O) groups excluding carboxylic acids is 1. The normalized spacial score (nSPS) is 21.2. The molecular formula is C11H15N5O2. The van der Waals surface area contributed by atoms with E-state index in [1.807, 2.05) is 0 Å². The molecule has 7 nitrogen and oxygen atoms in total. The number of ether oxygens (including phenoxy) is 1. The maximum Gasteiger partial charge on any atom is 0.257 e. The lowest BCUT2D eigenvalue weighted by molar-refractivity contribution is -0.119. The molecule has 0 unspecified atom stereocenters. The van der Waals surface area contributed by atoms with Gasteiger partial charge in [0.05, 0.1) is 24.1 Å². The van der Waals surface area contributed by atoms with Crippen molar-refractivity contribution in [2.75, 3.05) is 6.61 Å². The predicted molar refractivity (Wildman–Crippen MR) is 61.2 cm³/mol. The Labute approximate surface area is 105 Å². The minimum absolute atomic E-state index is 0.151. The molecule has 7 heteroatoms. The molecule has 0 aromatic carbocycles. The number of amides is 1. The first-order valence-electron chi connectivity index (χ1n) is 5.92. The number of nitriles is 1. The molecule has 2 N–H and O–H groups in total. The lowest BCUT2D eigenvalue weighted by atomic mass is 10.1. The Morgan fingerprint density at radius 1 is 1.72 bits per heavy atom. The molecule has 0 radical (unpaired) electrons. The summed E-state index contributed by atoms with van der Waals surface area (Å²) in [5, 5.41) is 16.5. The van der Waals surface area contributed by atoms with E-state index in [4.69, 9.17) is 15.7 Å². The van der Waals surface area contributed by atoms with E-state index in [1.165, 1.54) is 4.68 Å². The minimum Gasteiger partial charge on any atom is -0.378 e. The molecule has 1 aromatic heterocycles. The van der Waals surface area contributed by atoms with E-state index in [2.05, 4.69) is 10.3 Å². The van der Waals surface area contributed by atoms with Crippen molar-refractivity contribution in [3.05, 3.63) is 11.9 Å². The summed E-state index contributed by atoms with van der Waals surface area (Å²) < 4.78 is 6.79. The smallest absolute Gasteiger partial charge is 0.257 e. The van der Waals surface area contributed by atoms with Gasteiger partial charge >= 0.3 is 0 Å². The van der Waals surface area contributed by atoms with Gasteiger partial charge in [0.1, 0.15) is 0 Å². The molecule has 0 bridgehead atoms. The van der Waals surface area contributed by atoms with E-state index in [-0.39, 0.29) is 6.10 Å². The van der Waals surface area contributed by atoms with E-state index in [9.17, 15) is 4.79 Å². The van der Waals surface area contributed by atoms with Crippen molar-refractivity contribution in [1.29, 1.82) is 5.26 Å². The van der Waals surface area contributed by atoms with E-state index in [0.29, 0.717) is 12.1 Å². The zero-order chi connectivity index (χ0) is 13.0. The molecular weight excluding hydrogens is 234 g/mol. The zero-order valence-corrected chi connectivity index (χ0v) is 9.95. The standard InChI is InChI=1S/C11H15N5O2/c12-6-10(11(13)17)16-7-8(14-15-16)5-9-3-1-2-4-18-9/h7,9-10H,1-5H2,(H2,13,17)/t9-,10+/m0/s1. The predicted octanol–water partition coefficient (Wildman–Crippen LogP) is -0.0603. The Morgan fingerprint density at radius 2 is 2.56 bits per heavy atom. The van der Waals surface area contributed by atoms with Crippen LogP contribution >= 0.6 is 0 Å². The second kappa shape index (κ2) is 5.60. The van der Waals surface area contributed by atoms with Gasteiger partial charge in [-0.1, -0.05) is 5.21 Å². The number of aromatic nitrogens is 3. The van der Waals surface area contributed by atoms with Gasteiger partial charge in [0.2, 0.25) is 6.04 Å². The molecule has 0 spiro atoms. The average molecular weight is 249 g/mol. The third kappa shape index (κ3) is 2.84. The van der Waals surface area contributed by atoms with Crippen molar-refractivity contribution in [3.8, 4) is 6.07 Å². The van der Waals surface area contributed by atoms with Crippen LogP contribution in [-0.2, 0) is 16.0 Å². The van der Waals surface area contributed by atoms with Gasteiger partial charge < -0.3 is 10.5 Å².